The van der Waals surface area contributed by atoms with Crippen molar-refractivity contribution in [3.8, 4) is 22.9 Å². The number of nitrogens with one attached hydrogen (secondary N) is 1. The molecule has 4 rings (SSSR count). The van der Waals surface area contributed by atoms with E-state index in [2.05, 4.69) is 19.9 Å². The lowest BCUT2D eigenvalue weighted by Gasteiger charge is -2.27. The predicted octanol–water partition coefficient (Wildman–Crippen LogP) is 1.80. The number of nitrogens with zero attached hydrogens (tertiary/aromatic N) is 3. The summed E-state index contributed by atoms with van der Waals surface area (Å²) in [5.74, 6) is 0.280. The van der Waals surface area contributed by atoms with E-state index in [1.54, 1.807) is 24.5 Å². The molecule has 26 heavy (non-hydrogen) atoms. The second-order valence-corrected chi connectivity index (χ2v) is 6.36. The second-order valence-electron chi connectivity index (χ2n) is 6.36. The molecule has 7 nitrogen and oxygen atoms in total. The summed E-state index contributed by atoms with van der Waals surface area (Å²) in [6.45, 7) is 1.89. The van der Waals surface area contributed by atoms with Gasteiger partial charge in [0.05, 0.1) is 5.69 Å². The fourth-order valence-electron chi connectivity index (χ4n) is 3.20. The first-order valence-corrected chi connectivity index (χ1v) is 8.36. The number of phenolic OH excluding ortho intramolecular Hbond substituents is 2. The van der Waals surface area contributed by atoms with Gasteiger partial charge in [-0.05, 0) is 36.2 Å². The number of rotatable bonds is 3. The number of fused-ring (bicyclic) bond motifs is 1. The summed E-state index contributed by atoms with van der Waals surface area (Å²) in [6, 6.07) is 8.43. The van der Waals surface area contributed by atoms with Crippen LogP contribution in [0.2, 0.25) is 0 Å². The third-order valence-corrected chi connectivity index (χ3v) is 4.55. The van der Waals surface area contributed by atoms with Crippen LogP contribution in [0.3, 0.4) is 0 Å². The van der Waals surface area contributed by atoms with Crippen molar-refractivity contribution in [2.45, 2.75) is 19.5 Å². The molecule has 0 saturated heterocycles. The van der Waals surface area contributed by atoms with Crippen LogP contribution in [0.5, 0.6) is 11.5 Å². The first kappa shape index (κ1) is 16.3. The Morgan fingerprint density at radius 3 is 2.69 bits per heavy atom. The van der Waals surface area contributed by atoms with Gasteiger partial charge in [-0.25, -0.2) is 4.98 Å². The number of pyridine rings is 1. The van der Waals surface area contributed by atoms with Crippen LogP contribution in [-0.4, -0.2) is 36.6 Å². The molecule has 3 N–H and O–H groups in total. The summed E-state index contributed by atoms with van der Waals surface area (Å²) < 4.78 is 0. The lowest BCUT2D eigenvalue weighted by molar-refractivity contribution is 0.240. The minimum Gasteiger partial charge on any atom is -0.504 e. The summed E-state index contributed by atoms with van der Waals surface area (Å²) in [7, 11) is 0. The third-order valence-electron chi connectivity index (χ3n) is 4.55. The van der Waals surface area contributed by atoms with Crippen LogP contribution in [0, 0.1) is 0 Å². The Bertz CT molecular complexity index is 1000. The SMILES string of the molecule is O=c1[nH]c(-c2ccncc2)nc2c1CCN(Cc1ccc(O)c(O)c1)C2. The molecule has 0 bridgehead atoms. The topological polar surface area (TPSA) is 102 Å². The Balaban J connectivity index is 1.60. The van der Waals surface area contributed by atoms with Crippen molar-refractivity contribution >= 4 is 0 Å². The molecule has 0 spiro atoms. The number of benzene rings is 1. The van der Waals surface area contributed by atoms with Crippen molar-refractivity contribution in [1.29, 1.82) is 0 Å². The predicted molar refractivity (Wildman–Crippen MR) is 95.7 cm³/mol. The number of H-pyrrole nitrogens is 1. The third kappa shape index (κ3) is 3.16. The smallest absolute Gasteiger partial charge is 0.254 e. The number of aromatic amines is 1. The van der Waals surface area contributed by atoms with Crippen LogP contribution >= 0.6 is 0 Å². The van der Waals surface area contributed by atoms with E-state index in [0.29, 0.717) is 25.3 Å². The summed E-state index contributed by atoms with van der Waals surface area (Å²) >= 11 is 0. The number of aromatic hydroxyl groups is 2. The van der Waals surface area contributed by atoms with E-state index in [4.69, 9.17) is 0 Å². The summed E-state index contributed by atoms with van der Waals surface area (Å²) in [4.78, 5) is 26.1. The molecule has 0 radical (unpaired) electrons. The number of aromatic nitrogens is 3. The molecule has 7 heteroatoms. The average Bonchev–Trinajstić information content (AvgIpc) is 2.65. The number of hydrogen-bond donors (Lipinski definition) is 3. The largest absolute Gasteiger partial charge is 0.504 e. The lowest BCUT2D eigenvalue weighted by atomic mass is 10.0. The molecule has 0 amide bonds. The minimum absolute atomic E-state index is 0.0938. The van der Waals surface area contributed by atoms with Gasteiger partial charge in [-0.2, -0.15) is 0 Å². The Morgan fingerprint density at radius 1 is 1.12 bits per heavy atom. The van der Waals surface area contributed by atoms with Gasteiger partial charge in [0.15, 0.2) is 11.5 Å². The van der Waals surface area contributed by atoms with Crippen LogP contribution in [0.1, 0.15) is 16.8 Å². The zero-order chi connectivity index (χ0) is 18.1. The van der Waals surface area contributed by atoms with Crippen molar-refractivity contribution in [1.82, 2.24) is 19.9 Å². The van der Waals surface area contributed by atoms with E-state index in [0.717, 1.165) is 28.9 Å². The normalized spacial score (nSPS) is 14.2. The highest BCUT2D eigenvalue weighted by molar-refractivity contribution is 5.54. The highest BCUT2D eigenvalue weighted by Crippen LogP contribution is 2.26. The molecule has 1 aromatic carbocycles. The molecular formula is C19H18N4O3. The van der Waals surface area contributed by atoms with Gasteiger partial charge in [-0.15, -0.1) is 0 Å². The zero-order valence-corrected chi connectivity index (χ0v) is 14.0. The number of hydrogen-bond acceptors (Lipinski definition) is 6. The van der Waals surface area contributed by atoms with Gasteiger partial charge in [0.2, 0.25) is 0 Å². The van der Waals surface area contributed by atoms with Crippen LogP contribution in [0.25, 0.3) is 11.4 Å². The van der Waals surface area contributed by atoms with Gasteiger partial charge in [-0.1, -0.05) is 6.07 Å². The van der Waals surface area contributed by atoms with Gasteiger partial charge < -0.3 is 15.2 Å². The molecule has 0 saturated carbocycles. The summed E-state index contributed by atoms with van der Waals surface area (Å²) in [5, 5.41) is 19.1. The first-order chi connectivity index (χ1) is 12.6. The molecule has 1 aliphatic rings. The molecule has 3 heterocycles. The molecular weight excluding hydrogens is 332 g/mol. The molecule has 0 atom stereocenters. The lowest BCUT2D eigenvalue weighted by Crippen LogP contribution is -2.35. The Hall–Kier alpha value is -3.19. The monoisotopic (exact) mass is 350 g/mol. The highest BCUT2D eigenvalue weighted by atomic mass is 16.3. The van der Waals surface area contributed by atoms with Crippen LogP contribution in [0.15, 0.2) is 47.5 Å². The fourth-order valence-corrected chi connectivity index (χ4v) is 3.20. The van der Waals surface area contributed by atoms with Crippen molar-refractivity contribution in [3.05, 3.63) is 69.9 Å². The van der Waals surface area contributed by atoms with Crippen LogP contribution < -0.4 is 5.56 Å². The number of phenols is 2. The first-order valence-electron chi connectivity index (χ1n) is 8.36. The van der Waals surface area contributed by atoms with E-state index < -0.39 is 0 Å². The van der Waals surface area contributed by atoms with Gasteiger partial charge >= 0.3 is 0 Å². The van der Waals surface area contributed by atoms with Crippen molar-refractivity contribution in [2.24, 2.45) is 0 Å². The maximum atomic E-state index is 12.4. The van der Waals surface area contributed by atoms with Crippen molar-refractivity contribution in [2.75, 3.05) is 6.54 Å². The van der Waals surface area contributed by atoms with Gasteiger partial charge in [0, 0.05) is 43.2 Å². The van der Waals surface area contributed by atoms with E-state index in [9.17, 15) is 15.0 Å². The molecule has 0 fully saturated rings. The van der Waals surface area contributed by atoms with E-state index >= 15 is 0 Å². The van der Waals surface area contributed by atoms with Gasteiger partial charge in [0.25, 0.3) is 5.56 Å². The average molecular weight is 350 g/mol. The van der Waals surface area contributed by atoms with Crippen LogP contribution in [0.4, 0.5) is 0 Å². The Labute approximate surface area is 149 Å². The van der Waals surface area contributed by atoms with E-state index in [1.807, 2.05) is 12.1 Å². The highest BCUT2D eigenvalue weighted by Gasteiger charge is 2.21. The quantitative estimate of drug-likeness (QED) is 0.623. The van der Waals surface area contributed by atoms with Crippen molar-refractivity contribution in [3.63, 3.8) is 0 Å². The van der Waals surface area contributed by atoms with E-state index in [-0.39, 0.29) is 17.1 Å². The van der Waals surface area contributed by atoms with Crippen molar-refractivity contribution < 1.29 is 10.2 Å². The summed E-state index contributed by atoms with van der Waals surface area (Å²) in [6.07, 6.45) is 3.95. The van der Waals surface area contributed by atoms with E-state index in [1.165, 1.54) is 6.07 Å². The molecule has 1 aliphatic heterocycles. The van der Waals surface area contributed by atoms with Gasteiger partial charge in [0.1, 0.15) is 5.82 Å². The standard InChI is InChI=1S/C19H18N4O3/c24-16-2-1-12(9-17(16)25)10-23-8-5-14-15(11-23)21-18(22-19(14)26)13-3-6-20-7-4-13/h1-4,6-7,9,24-25H,5,8,10-11H2,(H,21,22,26). The maximum Gasteiger partial charge on any atom is 0.254 e. The Morgan fingerprint density at radius 2 is 1.92 bits per heavy atom. The Kier molecular flexibility index (Phi) is 4.14. The molecule has 2 aromatic heterocycles. The van der Waals surface area contributed by atoms with Crippen LogP contribution in [-0.2, 0) is 19.5 Å². The summed E-state index contributed by atoms with van der Waals surface area (Å²) in [5.41, 5.74) is 3.12. The zero-order valence-electron chi connectivity index (χ0n) is 14.0. The fraction of sp³-hybridized carbons (Fsp3) is 0.211. The van der Waals surface area contributed by atoms with Gasteiger partial charge in [-0.3, -0.25) is 14.7 Å². The second kappa shape index (κ2) is 6.61. The molecule has 3 aromatic rings. The molecule has 0 unspecified atom stereocenters. The molecule has 132 valence electrons. The minimum atomic E-state index is -0.132. The maximum absolute atomic E-state index is 12.4. The molecule has 0 aliphatic carbocycles.